The Morgan fingerprint density at radius 1 is 1.57 bits per heavy atom. The van der Waals surface area contributed by atoms with Gasteiger partial charge >= 0.3 is 0 Å². The van der Waals surface area contributed by atoms with Crippen LogP contribution < -0.4 is 11.3 Å². The molecule has 4 nitrogen and oxygen atoms in total. The number of nitrogens with two attached hydrogens (primary N) is 1. The highest BCUT2D eigenvalue weighted by atomic mass is 15.3. The van der Waals surface area contributed by atoms with E-state index in [0.29, 0.717) is 0 Å². The molecule has 3 N–H and O–H groups in total. The quantitative estimate of drug-likeness (QED) is 0.412. The van der Waals surface area contributed by atoms with E-state index in [1.807, 2.05) is 17.8 Å². The summed E-state index contributed by atoms with van der Waals surface area (Å²) in [6.45, 7) is 2.20. The second kappa shape index (κ2) is 5.78. The molecule has 0 radical (unpaired) electrons. The molecule has 80 valence electrons. The topological polar surface area (TPSA) is 55.9 Å². The van der Waals surface area contributed by atoms with Crippen LogP contribution in [0.3, 0.4) is 0 Å². The molecule has 0 bridgehead atoms. The van der Waals surface area contributed by atoms with Crippen molar-refractivity contribution in [1.82, 2.24) is 15.2 Å². The molecule has 0 saturated carbocycles. The second-order valence-electron chi connectivity index (χ2n) is 3.59. The van der Waals surface area contributed by atoms with Crippen molar-refractivity contribution in [3.63, 3.8) is 0 Å². The van der Waals surface area contributed by atoms with E-state index in [2.05, 4.69) is 17.4 Å². The molecule has 4 heteroatoms. The average molecular weight is 196 g/mol. The van der Waals surface area contributed by atoms with E-state index in [-0.39, 0.29) is 6.04 Å². The molecule has 1 heterocycles. The van der Waals surface area contributed by atoms with Crippen molar-refractivity contribution in [2.24, 2.45) is 12.9 Å². The van der Waals surface area contributed by atoms with Crippen LogP contribution in [-0.4, -0.2) is 9.78 Å². The molecule has 0 aliphatic heterocycles. The van der Waals surface area contributed by atoms with Crippen LogP contribution in [0.4, 0.5) is 0 Å². The number of aromatic nitrogens is 2. The number of nitrogens with one attached hydrogen (secondary N) is 1. The minimum absolute atomic E-state index is 0.231. The number of hydrogen-bond donors (Lipinski definition) is 2. The van der Waals surface area contributed by atoms with Gasteiger partial charge in [0.05, 0.1) is 11.7 Å². The highest BCUT2D eigenvalue weighted by Gasteiger charge is 2.11. The number of aryl methyl sites for hydroxylation is 1. The van der Waals surface area contributed by atoms with Gasteiger partial charge in [-0.05, 0) is 12.5 Å². The molecule has 0 aliphatic carbocycles. The molecule has 0 aliphatic rings. The fourth-order valence-corrected chi connectivity index (χ4v) is 1.64. The van der Waals surface area contributed by atoms with Crippen molar-refractivity contribution in [3.05, 3.63) is 18.0 Å². The van der Waals surface area contributed by atoms with Gasteiger partial charge in [0.1, 0.15) is 0 Å². The largest absolute Gasteiger partial charge is 0.271 e. The SMILES string of the molecule is CCCCCC(NN)c1ccnn1C. The van der Waals surface area contributed by atoms with Crippen LogP contribution in [0.25, 0.3) is 0 Å². The third kappa shape index (κ3) is 2.82. The Morgan fingerprint density at radius 3 is 2.86 bits per heavy atom. The molecule has 1 aromatic rings. The Bertz CT molecular complexity index is 256. The molecule has 0 aromatic carbocycles. The highest BCUT2D eigenvalue weighted by Crippen LogP contribution is 2.17. The van der Waals surface area contributed by atoms with Crippen molar-refractivity contribution >= 4 is 0 Å². The fourth-order valence-electron chi connectivity index (χ4n) is 1.64. The van der Waals surface area contributed by atoms with E-state index < -0.39 is 0 Å². The van der Waals surface area contributed by atoms with Gasteiger partial charge in [0.15, 0.2) is 0 Å². The van der Waals surface area contributed by atoms with E-state index in [4.69, 9.17) is 5.84 Å². The minimum Gasteiger partial charge on any atom is -0.271 e. The number of unbranched alkanes of at least 4 members (excludes halogenated alkanes) is 2. The molecule has 0 fully saturated rings. The first-order valence-electron chi connectivity index (χ1n) is 5.23. The lowest BCUT2D eigenvalue weighted by Crippen LogP contribution is -2.29. The van der Waals surface area contributed by atoms with Gasteiger partial charge in [-0.2, -0.15) is 5.10 Å². The number of hydrazine groups is 1. The van der Waals surface area contributed by atoms with E-state index in [1.165, 1.54) is 19.3 Å². The third-order valence-corrected chi connectivity index (χ3v) is 2.51. The Kier molecular flexibility index (Phi) is 4.62. The Labute approximate surface area is 85.5 Å². The minimum atomic E-state index is 0.231. The molecule has 0 saturated heterocycles. The lowest BCUT2D eigenvalue weighted by Gasteiger charge is -2.15. The summed E-state index contributed by atoms with van der Waals surface area (Å²) in [7, 11) is 1.94. The fraction of sp³-hybridized carbons (Fsp3) is 0.700. The van der Waals surface area contributed by atoms with Crippen molar-refractivity contribution in [2.75, 3.05) is 0 Å². The zero-order valence-corrected chi connectivity index (χ0v) is 9.03. The Morgan fingerprint density at radius 2 is 2.36 bits per heavy atom. The summed E-state index contributed by atoms with van der Waals surface area (Å²) < 4.78 is 1.87. The third-order valence-electron chi connectivity index (χ3n) is 2.51. The maximum atomic E-state index is 5.52. The average Bonchev–Trinajstić information content (AvgIpc) is 2.60. The van der Waals surface area contributed by atoms with Gasteiger partial charge in [-0.15, -0.1) is 0 Å². The lowest BCUT2D eigenvalue weighted by atomic mass is 10.1. The molecule has 1 aromatic heterocycles. The summed E-state index contributed by atoms with van der Waals surface area (Å²) in [4.78, 5) is 0. The van der Waals surface area contributed by atoms with Crippen LogP contribution in [0.1, 0.15) is 44.3 Å². The summed E-state index contributed by atoms with van der Waals surface area (Å²) in [5, 5.41) is 4.13. The molecule has 14 heavy (non-hydrogen) atoms. The summed E-state index contributed by atoms with van der Waals surface area (Å²) in [5.74, 6) is 5.52. The van der Waals surface area contributed by atoms with Gasteiger partial charge in [0.25, 0.3) is 0 Å². The molecule has 1 rings (SSSR count). The van der Waals surface area contributed by atoms with Gasteiger partial charge in [0, 0.05) is 13.2 Å². The number of hydrogen-bond acceptors (Lipinski definition) is 3. The predicted octanol–water partition coefficient (Wildman–Crippen LogP) is 1.50. The van der Waals surface area contributed by atoms with Crippen molar-refractivity contribution in [3.8, 4) is 0 Å². The first kappa shape index (κ1) is 11.2. The van der Waals surface area contributed by atoms with Gasteiger partial charge in [-0.25, -0.2) is 0 Å². The lowest BCUT2D eigenvalue weighted by molar-refractivity contribution is 0.458. The maximum Gasteiger partial charge on any atom is 0.0628 e. The molecule has 0 spiro atoms. The van der Waals surface area contributed by atoms with Gasteiger partial charge < -0.3 is 0 Å². The molecular formula is C10H20N4. The van der Waals surface area contributed by atoms with Crippen molar-refractivity contribution in [1.29, 1.82) is 0 Å². The Balaban J connectivity index is 2.50. The molecular weight excluding hydrogens is 176 g/mol. The zero-order valence-electron chi connectivity index (χ0n) is 9.03. The normalized spacial score (nSPS) is 13.1. The van der Waals surface area contributed by atoms with Gasteiger partial charge in [-0.3, -0.25) is 16.0 Å². The van der Waals surface area contributed by atoms with E-state index in [9.17, 15) is 0 Å². The number of nitrogens with zero attached hydrogens (tertiary/aromatic N) is 2. The predicted molar refractivity (Wildman–Crippen MR) is 57.4 cm³/mol. The first-order valence-corrected chi connectivity index (χ1v) is 5.23. The van der Waals surface area contributed by atoms with Crippen LogP contribution >= 0.6 is 0 Å². The Hall–Kier alpha value is -0.870. The van der Waals surface area contributed by atoms with Crippen molar-refractivity contribution in [2.45, 2.75) is 38.6 Å². The summed E-state index contributed by atoms with van der Waals surface area (Å²) in [5.41, 5.74) is 4.00. The van der Waals surface area contributed by atoms with Crippen LogP contribution in [0.15, 0.2) is 12.3 Å². The summed E-state index contributed by atoms with van der Waals surface area (Å²) >= 11 is 0. The van der Waals surface area contributed by atoms with E-state index >= 15 is 0 Å². The smallest absolute Gasteiger partial charge is 0.0628 e. The maximum absolute atomic E-state index is 5.52. The second-order valence-corrected chi connectivity index (χ2v) is 3.59. The summed E-state index contributed by atoms with van der Waals surface area (Å²) in [6.07, 6.45) is 6.58. The van der Waals surface area contributed by atoms with Crippen LogP contribution in [-0.2, 0) is 7.05 Å². The zero-order chi connectivity index (χ0) is 10.4. The number of rotatable bonds is 6. The van der Waals surface area contributed by atoms with Crippen molar-refractivity contribution < 1.29 is 0 Å². The monoisotopic (exact) mass is 196 g/mol. The van der Waals surface area contributed by atoms with Crippen LogP contribution in [0.5, 0.6) is 0 Å². The molecule has 1 atom stereocenters. The van der Waals surface area contributed by atoms with Gasteiger partial charge in [0.2, 0.25) is 0 Å². The standard InChI is InChI=1S/C10H20N4/c1-3-4-5-6-9(13-11)10-7-8-12-14(10)2/h7-9,13H,3-6,11H2,1-2H3. The van der Waals surface area contributed by atoms with E-state index in [0.717, 1.165) is 12.1 Å². The highest BCUT2D eigenvalue weighted by molar-refractivity contribution is 5.05. The van der Waals surface area contributed by atoms with Crippen LogP contribution in [0, 0.1) is 0 Å². The van der Waals surface area contributed by atoms with Crippen LogP contribution in [0.2, 0.25) is 0 Å². The first-order chi connectivity index (χ1) is 6.79. The molecule has 0 amide bonds. The van der Waals surface area contributed by atoms with E-state index in [1.54, 1.807) is 6.20 Å². The van der Waals surface area contributed by atoms with Gasteiger partial charge in [-0.1, -0.05) is 26.2 Å². The molecule has 1 unspecified atom stereocenters. The summed E-state index contributed by atoms with van der Waals surface area (Å²) in [6, 6.07) is 2.24.